The molecular weight excluding hydrogens is 281 g/mol. The molecule has 95 valence electrons. The van der Waals surface area contributed by atoms with E-state index in [0.29, 0.717) is 5.71 Å². The van der Waals surface area contributed by atoms with Gasteiger partial charge < -0.3 is 0 Å². The molecule has 0 atom stereocenters. The minimum absolute atomic E-state index is 0.106. The maximum absolute atomic E-state index is 11.9. The zero-order valence-corrected chi connectivity index (χ0v) is 11.9. The zero-order chi connectivity index (χ0) is 13.8. The summed E-state index contributed by atoms with van der Waals surface area (Å²) in [6.07, 6.45) is 1.59. The molecule has 0 saturated heterocycles. The van der Waals surface area contributed by atoms with Gasteiger partial charge in [0.1, 0.15) is 0 Å². The van der Waals surface area contributed by atoms with Gasteiger partial charge in [-0.15, -0.1) is 0 Å². The lowest BCUT2D eigenvalue weighted by Crippen LogP contribution is -2.32. The van der Waals surface area contributed by atoms with Crippen LogP contribution < -0.4 is 0 Å². The number of rotatable bonds is 0. The summed E-state index contributed by atoms with van der Waals surface area (Å²) >= 11 is 12.1. The number of halogens is 2. The highest BCUT2D eigenvalue weighted by atomic mass is 35.5. The number of benzene rings is 1. The van der Waals surface area contributed by atoms with Crippen molar-refractivity contribution in [2.24, 2.45) is 4.99 Å². The summed E-state index contributed by atoms with van der Waals surface area (Å²) in [7, 11) is 0. The molecule has 1 aromatic carbocycles. The van der Waals surface area contributed by atoms with Crippen molar-refractivity contribution in [2.75, 3.05) is 0 Å². The number of carbonyl (C=O) groups is 1. The molecule has 0 spiro atoms. The van der Waals surface area contributed by atoms with Gasteiger partial charge in [0.05, 0.1) is 21.5 Å². The molecule has 0 bridgehead atoms. The van der Waals surface area contributed by atoms with E-state index in [2.05, 4.69) is 11.1 Å². The number of Topliss-reactive ketones (excluding diaryl/α,β-unsaturated/α-hetero) is 1. The molecule has 0 N–H and O–H groups in total. The lowest BCUT2D eigenvalue weighted by Gasteiger charge is -2.35. The van der Waals surface area contributed by atoms with Crippen molar-refractivity contribution in [1.82, 2.24) is 0 Å². The Balaban J connectivity index is 2.36. The Morgan fingerprint density at radius 1 is 1.32 bits per heavy atom. The standard InChI is InChI=1S/C15H10Cl2NO/c1-15(2)8-5-3-4-6-10(8)18-11-7-9(16)14(19)13(17)12(11)15/h4-7H,1-2H3. The minimum Gasteiger partial charge on any atom is -0.287 e. The monoisotopic (exact) mass is 290 g/mol. The average Bonchev–Trinajstić information content (AvgIpc) is 2.35. The van der Waals surface area contributed by atoms with E-state index in [1.54, 1.807) is 6.08 Å². The number of hydrogen-bond donors (Lipinski definition) is 0. The van der Waals surface area contributed by atoms with Gasteiger partial charge in [-0.1, -0.05) is 43.1 Å². The van der Waals surface area contributed by atoms with Crippen LogP contribution in [-0.2, 0) is 10.2 Å². The van der Waals surface area contributed by atoms with E-state index in [4.69, 9.17) is 23.2 Å². The summed E-state index contributed by atoms with van der Waals surface area (Å²) < 4.78 is 0. The summed E-state index contributed by atoms with van der Waals surface area (Å²) in [6, 6.07) is 8.64. The third-order valence-electron chi connectivity index (χ3n) is 3.54. The number of allylic oxidation sites excluding steroid dienone is 4. The highest BCUT2D eigenvalue weighted by Crippen LogP contribution is 2.46. The van der Waals surface area contributed by atoms with Crippen LogP contribution in [0.4, 0.5) is 5.69 Å². The summed E-state index contributed by atoms with van der Waals surface area (Å²) in [5.41, 5.74) is 2.87. The molecule has 0 amide bonds. The predicted molar refractivity (Wildman–Crippen MR) is 77.2 cm³/mol. The van der Waals surface area contributed by atoms with E-state index >= 15 is 0 Å². The Kier molecular flexibility index (Phi) is 2.70. The highest BCUT2D eigenvalue weighted by molar-refractivity contribution is 6.58. The first-order valence-electron chi connectivity index (χ1n) is 5.84. The summed E-state index contributed by atoms with van der Waals surface area (Å²) in [6.45, 7) is 4.04. The Bertz CT molecular complexity index is 696. The number of hydrogen-bond acceptors (Lipinski definition) is 2. The van der Waals surface area contributed by atoms with Crippen LogP contribution in [0.1, 0.15) is 19.4 Å². The smallest absolute Gasteiger partial charge is 0.216 e. The average molecular weight is 291 g/mol. The summed E-state index contributed by atoms with van der Waals surface area (Å²) in [4.78, 5) is 16.5. The highest BCUT2D eigenvalue weighted by Gasteiger charge is 2.39. The molecule has 1 aliphatic heterocycles. The molecule has 0 aromatic heterocycles. The van der Waals surface area contributed by atoms with Gasteiger partial charge in [-0.05, 0) is 29.8 Å². The van der Waals surface area contributed by atoms with Crippen LogP contribution >= 0.6 is 23.2 Å². The minimum atomic E-state index is -0.398. The number of aliphatic imine (C=N–C) groups is 1. The molecule has 1 heterocycles. The van der Waals surface area contributed by atoms with E-state index in [1.165, 1.54) is 0 Å². The maximum atomic E-state index is 11.9. The SMILES string of the molecule is CC1(C)C2=C(Cl)C(=O)C(Cl)=CC2=Nc2cc[c]cc21. The molecule has 1 aromatic rings. The predicted octanol–water partition coefficient (Wildman–Crippen LogP) is 4.05. The van der Waals surface area contributed by atoms with Gasteiger partial charge in [0.15, 0.2) is 0 Å². The molecule has 1 radical (unpaired) electrons. The first-order valence-corrected chi connectivity index (χ1v) is 6.60. The van der Waals surface area contributed by atoms with E-state index in [-0.39, 0.29) is 15.8 Å². The van der Waals surface area contributed by atoms with Crippen LogP contribution in [0, 0.1) is 6.07 Å². The summed E-state index contributed by atoms with van der Waals surface area (Å²) in [5, 5.41) is 0.264. The van der Waals surface area contributed by atoms with Gasteiger partial charge in [0.2, 0.25) is 5.78 Å². The van der Waals surface area contributed by atoms with Crippen LogP contribution in [-0.4, -0.2) is 11.5 Å². The molecule has 0 unspecified atom stereocenters. The fraction of sp³-hybridized carbons (Fsp3) is 0.200. The first-order chi connectivity index (χ1) is 8.93. The van der Waals surface area contributed by atoms with Gasteiger partial charge in [-0.25, -0.2) is 4.99 Å². The van der Waals surface area contributed by atoms with E-state index in [9.17, 15) is 4.79 Å². The molecular formula is C15H10Cl2NO. The number of nitrogens with zero attached hydrogens (tertiary/aromatic N) is 1. The van der Waals surface area contributed by atoms with Crippen molar-refractivity contribution in [3.8, 4) is 0 Å². The Morgan fingerprint density at radius 2 is 2.05 bits per heavy atom. The van der Waals surface area contributed by atoms with Crippen LogP contribution in [0.5, 0.6) is 0 Å². The van der Waals surface area contributed by atoms with Gasteiger partial charge in [0, 0.05) is 11.0 Å². The topological polar surface area (TPSA) is 29.4 Å². The Hall–Kier alpha value is -1.38. The third-order valence-corrected chi connectivity index (χ3v) is 4.18. The molecule has 1 aliphatic carbocycles. The normalized spacial score (nSPS) is 20.5. The fourth-order valence-corrected chi connectivity index (χ4v) is 3.24. The second-order valence-electron chi connectivity index (χ2n) is 5.08. The largest absolute Gasteiger partial charge is 0.287 e. The molecule has 0 fully saturated rings. The molecule has 3 rings (SSSR count). The van der Waals surface area contributed by atoms with Crippen molar-refractivity contribution in [3.63, 3.8) is 0 Å². The van der Waals surface area contributed by atoms with Crippen molar-refractivity contribution in [1.29, 1.82) is 0 Å². The maximum Gasteiger partial charge on any atom is 0.216 e. The molecule has 4 heteroatoms. The fourth-order valence-electron chi connectivity index (χ4n) is 2.56. The Labute approximate surface area is 121 Å². The van der Waals surface area contributed by atoms with Gasteiger partial charge in [-0.3, -0.25) is 4.79 Å². The zero-order valence-electron chi connectivity index (χ0n) is 10.4. The summed E-state index contributed by atoms with van der Waals surface area (Å²) in [5.74, 6) is -0.339. The molecule has 2 aliphatic rings. The van der Waals surface area contributed by atoms with Crippen molar-refractivity contribution < 1.29 is 4.79 Å². The van der Waals surface area contributed by atoms with Gasteiger partial charge in [0.25, 0.3) is 0 Å². The molecule has 2 nitrogen and oxygen atoms in total. The van der Waals surface area contributed by atoms with E-state index < -0.39 is 5.41 Å². The quantitative estimate of drug-likeness (QED) is 0.663. The third kappa shape index (κ3) is 1.71. The van der Waals surface area contributed by atoms with Crippen LogP contribution in [0.2, 0.25) is 0 Å². The van der Waals surface area contributed by atoms with Gasteiger partial charge >= 0.3 is 0 Å². The second kappa shape index (κ2) is 4.06. The number of carbonyl (C=O) groups excluding carboxylic acids is 1. The van der Waals surface area contributed by atoms with Gasteiger partial charge in [-0.2, -0.15) is 0 Å². The second-order valence-corrected chi connectivity index (χ2v) is 5.86. The van der Waals surface area contributed by atoms with E-state index in [0.717, 1.165) is 16.8 Å². The number of ketones is 1. The van der Waals surface area contributed by atoms with E-state index in [1.807, 2.05) is 32.0 Å². The molecule has 0 saturated carbocycles. The van der Waals surface area contributed by atoms with Crippen LogP contribution in [0.3, 0.4) is 0 Å². The first kappa shape index (κ1) is 12.6. The number of fused-ring (bicyclic) bond motifs is 2. The lowest BCUT2D eigenvalue weighted by molar-refractivity contribution is -0.111. The lowest BCUT2D eigenvalue weighted by atomic mass is 9.71. The Morgan fingerprint density at radius 3 is 2.79 bits per heavy atom. The van der Waals surface area contributed by atoms with Crippen molar-refractivity contribution in [2.45, 2.75) is 19.3 Å². The molecule has 19 heavy (non-hydrogen) atoms. The van der Waals surface area contributed by atoms with Crippen LogP contribution in [0.25, 0.3) is 0 Å². The van der Waals surface area contributed by atoms with Crippen LogP contribution in [0.15, 0.2) is 44.9 Å². The van der Waals surface area contributed by atoms with Crippen molar-refractivity contribution >= 4 is 40.4 Å². The van der Waals surface area contributed by atoms with Crippen molar-refractivity contribution in [3.05, 3.63) is 51.5 Å².